The van der Waals surface area contributed by atoms with Gasteiger partial charge in [-0.3, -0.25) is 4.79 Å². The van der Waals surface area contributed by atoms with E-state index in [4.69, 9.17) is 0 Å². The number of halogens is 3. The molecule has 11 heavy (non-hydrogen) atoms. The van der Waals surface area contributed by atoms with Crippen molar-refractivity contribution in [3.8, 4) is 0 Å². The summed E-state index contributed by atoms with van der Waals surface area (Å²) in [6, 6.07) is -0.525. The number of hydrogen-bond donors (Lipinski definition) is 0. The van der Waals surface area contributed by atoms with Gasteiger partial charge in [-0.25, -0.2) is 0 Å². The maximum absolute atomic E-state index is 12.0. The van der Waals surface area contributed by atoms with Crippen molar-refractivity contribution >= 4 is 5.91 Å². The van der Waals surface area contributed by atoms with Gasteiger partial charge in [0.2, 0.25) is 5.91 Å². The van der Waals surface area contributed by atoms with Crippen LogP contribution in [0.4, 0.5) is 13.2 Å². The smallest absolute Gasteiger partial charge is 0.335 e. The van der Waals surface area contributed by atoms with Gasteiger partial charge in [-0.2, -0.15) is 13.2 Å². The molecule has 0 aromatic carbocycles. The molecule has 0 radical (unpaired) electrons. The van der Waals surface area contributed by atoms with Gasteiger partial charge in [-0.05, 0) is 0 Å². The number of carbonyl (C=O) groups is 1. The Bertz CT molecular complexity index is 212. The van der Waals surface area contributed by atoms with Crippen LogP contribution in [0.2, 0.25) is 0 Å². The van der Waals surface area contributed by atoms with Crippen LogP contribution in [0, 0.1) is 5.92 Å². The summed E-state index contributed by atoms with van der Waals surface area (Å²) in [4.78, 5) is 12.0. The second-order valence-electron chi connectivity index (χ2n) is 2.97. The molecule has 2 saturated heterocycles. The number of piperidine rings is 1. The summed E-state index contributed by atoms with van der Waals surface area (Å²) in [5.41, 5.74) is 0. The Balaban J connectivity index is 2.13. The fourth-order valence-electron chi connectivity index (χ4n) is 1.56. The summed E-state index contributed by atoms with van der Waals surface area (Å²) in [7, 11) is 0. The lowest BCUT2D eigenvalue weighted by molar-refractivity contribution is -0.173. The quantitative estimate of drug-likeness (QED) is 0.485. The van der Waals surface area contributed by atoms with Gasteiger partial charge >= 0.3 is 6.18 Å². The first-order valence-electron chi connectivity index (χ1n) is 3.36. The van der Waals surface area contributed by atoms with E-state index < -0.39 is 18.1 Å². The summed E-state index contributed by atoms with van der Waals surface area (Å²) in [6.45, 7) is 0.309. The second kappa shape index (κ2) is 1.70. The van der Waals surface area contributed by atoms with Crippen molar-refractivity contribution in [2.45, 2.75) is 18.6 Å². The van der Waals surface area contributed by atoms with E-state index in [1.54, 1.807) is 0 Å². The first-order valence-corrected chi connectivity index (χ1v) is 3.36. The van der Waals surface area contributed by atoms with E-state index in [0.717, 1.165) is 0 Å². The van der Waals surface area contributed by atoms with Crippen molar-refractivity contribution < 1.29 is 18.0 Å². The van der Waals surface area contributed by atoms with Crippen molar-refractivity contribution in [1.82, 2.24) is 4.90 Å². The molecule has 2 unspecified atom stereocenters. The number of carbonyl (C=O) groups excluding carboxylic acids is 1. The minimum atomic E-state index is -4.19. The molecule has 0 aromatic rings. The van der Waals surface area contributed by atoms with Crippen molar-refractivity contribution in [3.63, 3.8) is 0 Å². The second-order valence-corrected chi connectivity index (χ2v) is 2.97. The molecular weight excluding hydrogens is 159 g/mol. The van der Waals surface area contributed by atoms with Crippen LogP contribution in [0.1, 0.15) is 6.42 Å². The molecule has 0 spiro atoms. The zero-order valence-corrected chi connectivity index (χ0v) is 5.56. The number of rotatable bonds is 0. The number of fused-ring (bicyclic) bond motifs is 1. The molecule has 2 fully saturated rings. The maximum Gasteiger partial charge on any atom is 0.394 e. The molecule has 2 nitrogen and oxygen atoms in total. The minimum Gasteiger partial charge on any atom is -0.335 e. The zero-order valence-electron chi connectivity index (χ0n) is 5.56. The molecule has 2 atom stereocenters. The highest BCUT2D eigenvalue weighted by atomic mass is 19.4. The monoisotopic (exact) mass is 165 g/mol. The Morgan fingerprint density at radius 3 is 2.27 bits per heavy atom. The Morgan fingerprint density at radius 1 is 1.45 bits per heavy atom. The van der Waals surface area contributed by atoms with Gasteiger partial charge in [-0.1, -0.05) is 0 Å². The molecule has 2 aliphatic rings. The predicted octanol–water partition coefficient (Wildman–Crippen LogP) is 0.779. The highest BCUT2D eigenvalue weighted by molar-refractivity contribution is 5.82. The van der Waals surface area contributed by atoms with Gasteiger partial charge in [0.05, 0.1) is 12.0 Å². The average molecular weight is 165 g/mol. The third-order valence-corrected chi connectivity index (χ3v) is 2.25. The third-order valence-electron chi connectivity index (χ3n) is 2.25. The van der Waals surface area contributed by atoms with Gasteiger partial charge in [0.1, 0.15) is 0 Å². The van der Waals surface area contributed by atoms with Crippen LogP contribution in [-0.4, -0.2) is 29.6 Å². The number of nitrogens with zero attached hydrogens (tertiary/aromatic N) is 1. The molecule has 5 heteroatoms. The molecule has 0 saturated carbocycles. The predicted molar refractivity (Wildman–Crippen MR) is 29.7 cm³/mol. The van der Waals surface area contributed by atoms with Crippen LogP contribution in [0.5, 0.6) is 0 Å². The lowest BCUT2D eigenvalue weighted by Gasteiger charge is -2.12. The van der Waals surface area contributed by atoms with Crippen LogP contribution >= 0.6 is 0 Å². The van der Waals surface area contributed by atoms with Crippen LogP contribution < -0.4 is 0 Å². The molecule has 62 valence electrons. The number of amides is 1. The van der Waals surface area contributed by atoms with E-state index >= 15 is 0 Å². The zero-order chi connectivity index (χ0) is 8.22. The molecule has 0 aromatic heterocycles. The fraction of sp³-hybridized carbons (Fsp3) is 0.833. The Kier molecular flexibility index (Phi) is 1.07. The third kappa shape index (κ3) is 0.902. The molecule has 0 bridgehead atoms. The standard InChI is InChI=1S/C6H6F3NO/c7-6(8,9)3-1-5(11)10-2-4(3)10/h3-4H,1-2H2. The van der Waals surface area contributed by atoms with E-state index in [1.165, 1.54) is 4.90 Å². The van der Waals surface area contributed by atoms with Crippen molar-refractivity contribution in [3.05, 3.63) is 0 Å². The van der Waals surface area contributed by atoms with Crippen LogP contribution in [0.15, 0.2) is 0 Å². The molecular formula is C6H6F3NO. The van der Waals surface area contributed by atoms with E-state index in [1.807, 2.05) is 0 Å². The Hall–Kier alpha value is -0.740. The molecule has 2 rings (SSSR count). The molecule has 1 amide bonds. The maximum atomic E-state index is 12.0. The van der Waals surface area contributed by atoms with E-state index in [9.17, 15) is 18.0 Å². The Morgan fingerprint density at radius 2 is 2.09 bits per heavy atom. The van der Waals surface area contributed by atoms with Gasteiger partial charge in [0.25, 0.3) is 0 Å². The van der Waals surface area contributed by atoms with Gasteiger partial charge in [0.15, 0.2) is 0 Å². The number of hydrogen-bond acceptors (Lipinski definition) is 1. The van der Waals surface area contributed by atoms with Crippen molar-refractivity contribution in [2.75, 3.05) is 6.54 Å². The molecule has 0 aliphatic carbocycles. The van der Waals surface area contributed by atoms with Gasteiger partial charge < -0.3 is 4.90 Å². The minimum absolute atomic E-state index is 0.309. The van der Waals surface area contributed by atoms with E-state index in [-0.39, 0.29) is 12.3 Å². The first-order chi connectivity index (χ1) is 5.00. The lowest BCUT2D eigenvalue weighted by Crippen LogP contribution is -2.26. The summed E-state index contributed by atoms with van der Waals surface area (Å²) < 4.78 is 36.1. The number of alkyl halides is 3. The first kappa shape index (κ1) is 6.94. The molecule has 0 N–H and O–H groups in total. The van der Waals surface area contributed by atoms with Crippen LogP contribution in [0.3, 0.4) is 0 Å². The van der Waals surface area contributed by atoms with Gasteiger partial charge in [-0.15, -0.1) is 0 Å². The SMILES string of the molecule is O=C1CC(C(F)(F)F)C2CN12. The van der Waals surface area contributed by atoms with E-state index in [2.05, 4.69) is 0 Å². The average Bonchev–Trinajstić information content (AvgIpc) is 2.53. The summed E-state index contributed by atoms with van der Waals surface area (Å²) >= 11 is 0. The highest BCUT2D eigenvalue weighted by Gasteiger charge is 2.61. The fourth-order valence-corrected chi connectivity index (χ4v) is 1.56. The van der Waals surface area contributed by atoms with E-state index in [0.29, 0.717) is 6.54 Å². The normalized spacial score (nSPS) is 35.9. The van der Waals surface area contributed by atoms with Crippen molar-refractivity contribution in [1.29, 1.82) is 0 Å². The van der Waals surface area contributed by atoms with Crippen LogP contribution in [-0.2, 0) is 4.79 Å². The topological polar surface area (TPSA) is 20.1 Å². The summed E-state index contributed by atoms with van der Waals surface area (Å²) in [5.74, 6) is -1.74. The highest BCUT2D eigenvalue weighted by Crippen LogP contribution is 2.45. The molecule has 2 heterocycles. The van der Waals surface area contributed by atoms with Crippen LogP contribution in [0.25, 0.3) is 0 Å². The van der Waals surface area contributed by atoms with Gasteiger partial charge in [0, 0.05) is 13.0 Å². The van der Waals surface area contributed by atoms with Crippen molar-refractivity contribution in [2.24, 2.45) is 5.92 Å². The largest absolute Gasteiger partial charge is 0.394 e. The summed E-state index contributed by atoms with van der Waals surface area (Å²) in [6.07, 6.45) is -4.53. The molecule has 2 aliphatic heterocycles. The lowest BCUT2D eigenvalue weighted by atomic mass is 10.0. The summed E-state index contributed by atoms with van der Waals surface area (Å²) in [5, 5.41) is 0. The Labute approximate surface area is 61.0 Å².